The smallest absolute Gasteiger partial charge is 0.496 e. The first-order chi connectivity index (χ1) is 14.0. The van der Waals surface area contributed by atoms with Gasteiger partial charge >= 0.3 is 6.36 Å². The molecule has 1 N–H and O–H groups in total. The van der Waals surface area contributed by atoms with Gasteiger partial charge in [-0.3, -0.25) is 4.72 Å². The molecule has 0 spiro atoms. The first kappa shape index (κ1) is 22.0. The Morgan fingerprint density at radius 3 is 2.57 bits per heavy atom. The lowest BCUT2D eigenvalue weighted by atomic mass is 10.00. The van der Waals surface area contributed by atoms with E-state index in [0.717, 1.165) is 18.2 Å². The van der Waals surface area contributed by atoms with Crippen molar-refractivity contribution in [3.63, 3.8) is 0 Å². The van der Waals surface area contributed by atoms with Gasteiger partial charge in [-0.05, 0) is 44.8 Å². The van der Waals surface area contributed by atoms with Crippen molar-refractivity contribution in [3.8, 4) is 17.2 Å². The first-order valence-electron chi connectivity index (χ1n) is 8.88. The number of alkyl halides is 3. The molecule has 1 aliphatic heterocycles. The molecule has 0 aromatic heterocycles. The molecule has 30 heavy (non-hydrogen) atoms. The number of benzene rings is 2. The average molecular weight is 446 g/mol. The summed E-state index contributed by atoms with van der Waals surface area (Å²) >= 11 is 0. The van der Waals surface area contributed by atoms with E-state index in [-0.39, 0.29) is 16.6 Å². The molecule has 0 saturated carbocycles. The molecule has 0 aliphatic carbocycles. The minimum atomic E-state index is -4.93. The molecular formula is C19H21F3N2O5S. The van der Waals surface area contributed by atoms with Crippen molar-refractivity contribution in [2.45, 2.75) is 23.7 Å². The van der Waals surface area contributed by atoms with Crippen LogP contribution in [0.25, 0.3) is 0 Å². The van der Waals surface area contributed by atoms with Crippen molar-refractivity contribution < 1.29 is 35.8 Å². The predicted molar refractivity (Wildman–Crippen MR) is 104 cm³/mol. The number of rotatable bonds is 6. The molecule has 1 atom stereocenters. The van der Waals surface area contributed by atoms with Crippen LogP contribution >= 0.6 is 0 Å². The molecule has 3 rings (SSSR count). The Bertz CT molecular complexity index is 1030. The van der Waals surface area contributed by atoms with Gasteiger partial charge in [-0.1, -0.05) is 6.07 Å². The Hall–Kier alpha value is -2.66. The second kappa shape index (κ2) is 8.23. The standard InChI is InChI=1S/C19H21F3N2O5S/c1-24(2)12-9-15-17(27-3)8-7-16(18(15)28-11-12)23-30(25,26)14-6-4-5-13(10-14)29-19(20,21)22/h4-8,10,12,23H,9,11H2,1-3H3/t12-/m1/s1. The molecule has 0 bridgehead atoms. The third-order valence-electron chi connectivity index (χ3n) is 4.62. The molecule has 1 heterocycles. The van der Waals surface area contributed by atoms with Crippen LogP contribution in [-0.4, -0.2) is 53.5 Å². The number of nitrogens with one attached hydrogen (secondary N) is 1. The van der Waals surface area contributed by atoms with Crippen LogP contribution in [-0.2, 0) is 16.4 Å². The molecule has 2 aromatic carbocycles. The average Bonchev–Trinajstić information content (AvgIpc) is 2.66. The highest BCUT2D eigenvalue weighted by Gasteiger charge is 2.32. The lowest BCUT2D eigenvalue weighted by Gasteiger charge is -2.32. The maximum Gasteiger partial charge on any atom is 0.573 e. The number of hydrogen-bond donors (Lipinski definition) is 1. The SMILES string of the molecule is COc1ccc(NS(=O)(=O)c2cccc(OC(F)(F)F)c2)c2c1C[C@@H](N(C)C)CO2. The topological polar surface area (TPSA) is 77.1 Å². The Labute approximate surface area is 172 Å². The van der Waals surface area contributed by atoms with Crippen LogP contribution in [0.15, 0.2) is 41.3 Å². The second-order valence-corrected chi connectivity index (χ2v) is 8.57. The number of likely N-dealkylation sites (N-methyl/N-ethyl adjacent to an activating group) is 1. The Balaban J connectivity index is 1.93. The van der Waals surface area contributed by atoms with E-state index in [4.69, 9.17) is 9.47 Å². The van der Waals surface area contributed by atoms with E-state index in [1.54, 1.807) is 6.07 Å². The van der Waals surface area contributed by atoms with Crippen molar-refractivity contribution in [3.05, 3.63) is 42.0 Å². The monoisotopic (exact) mass is 446 g/mol. The van der Waals surface area contributed by atoms with Gasteiger partial charge < -0.3 is 19.1 Å². The van der Waals surface area contributed by atoms with Gasteiger partial charge in [-0.2, -0.15) is 0 Å². The number of nitrogens with zero attached hydrogens (tertiary/aromatic N) is 1. The summed E-state index contributed by atoms with van der Waals surface area (Å²) in [6.45, 7) is 0.344. The fraction of sp³-hybridized carbons (Fsp3) is 0.368. The van der Waals surface area contributed by atoms with E-state index < -0.39 is 22.1 Å². The van der Waals surface area contributed by atoms with Crippen molar-refractivity contribution in [2.24, 2.45) is 0 Å². The van der Waals surface area contributed by atoms with Crippen molar-refractivity contribution in [1.29, 1.82) is 0 Å². The van der Waals surface area contributed by atoms with Crippen LogP contribution in [0.5, 0.6) is 17.2 Å². The number of fused-ring (bicyclic) bond motifs is 1. The zero-order valence-corrected chi connectivity index (χ0v) is 17.3. The highest BCUT2D eigenvalue weighted by atomic mass is 32.2. The lowest BCUT2D eigenvalue weighted by Crippen LogP contribution is -2.38. The lowest BCUT2D eigenvalue weighted by molar-refractivity contribution is -0.274. The fourth-order valence-electron chi connectivity index (χ4n) is 3.09. The van der Waals surface area contributed by atoms with Gasteiger partial charge in [0.1, 0.15) is 23.9 Å². The summed E-state index contributed by atoms with van der Waals surface area (Å²) < 4.78 is 80.3. The van der Waals surface area contributed by atoms with Crippen LogP contribution in [0.3, 0.4) is 0 Å². The molecule has 11 heteroatoms. The normalized spacial score (nSPS) is 16.6. The summed E-state index contributed by atoms with van der Waals surface area (Å²) in [5, 5.41) is 0. The van der Waals surface area contributed by atoms with Crippen LogP contribution < -0.4 is 18.9 Å². The highest BCUT2D eigenvalue weighted by Crippen LogP contribution is 2.40. The van der Waals surface area contributed by atoms with Crippen LogP contribution in [0.4, 0.5) is 18.9 Å². The molecule has 0 fully saturated rings. The molecule has 0 radical (unpaired) electrons. The van der Waals surface area contributed by atoms with E-state index >= 15 is 0 Å². The predicted octanol–water partition coefficient (Wildman–Crippen LogP) is 3.26. The van der Waals surface area contributed by atoms with Gasteiger partial charge in [0.15, 0.2) is 0 Å². The van der Waals surface area contributed by atoms with Crippen molar-refractivity contribution >= 4 is 15.7 Å². The number of anilines is 1. The van der Waals surface area contributed by atoms with Gasteiger partial charge in [-0.15, -0.1) is 13.2 Å². The maximum absolute atomic E-state index is 12.8. The second-order valence-electron chi connectivity index (χ2n) is 6.88. The third kappa shape index (κ3) is 4.90. The van der Waals surface area contributed by atoms with E-state index in [1.165, 1.54) is 19.2 Å². The zero-order valence-electron chi connectivity index (χ0n) is 16.5. The van der Waals surface area contributed by atoms with E-state index in [2.05, 4.69) is 9.46 Å². The van der Waals surface area contributed by atoms with Crippen LogP contribution in [0.1, 0.15) is 5.56 Å². The summed E-state index contributed by atoms with van der Waals surface area (Å²) in [6.07, 6.45) is -4.35. The van der Waals surface area contributed by atoms with E-state index in [1.807, 2.05) is 19.0 Å². The van der Waals surface area contributed by atoms with Crippen LogP contribution in [0.2, 0.25) is 0 Å². The Kier molecular flexibility index (Phi) is 6.04. The van der Waals surface area contributed by atoms with Gasteiger partial charge in [0, 0.05) is 17.7 Å². The summed E-state index contributed by atoms with van der Waals surface area (Å²) in [5.41, 5.74) is 0.877. The molecule has 1 aliphatic rings. The fourth-order valence-corrected chi connectivity index (χ4v) is 4.18. The molecule has 0 amide bonds. The van der Waals surface area contributed by atoms with Gasteiger partial charge in [-0.25, -0.2) is 8.42 Å². The van der Waals surface area contributed by atoms with E-state index in [9.17, 15) is 21.6 Å². The molecule has 0 saturated heterocycles. The molecule has 7 nitrogen and oxygen atoms in total. The summed E-state index contributed by atoms with van der Waals surface area (Å²) in [6, 6.07) is 7.33. The zero-order chi connectivity index (χ0) is 22.1. The minimum Gasteiger partial charge on any atom is -0.496 e. The molecule has 0 unspecified atom stereocenters. The van der Waals surface area contributed by atoms with Gasteiger partial charge in [0.05, 0.1) is 17.7 Å². The number of methoxy groups -OCH3 is 1. The first-order valence-corrected chi connectivity index (χ1v) is 10.4. The summed E-state index contributed by atoms with van der Waals surface area (Å²) in [4.78, 5) is 1.61. The number of halogens is 3. The van der Waals surface area contributed by atoms with Gasteiger partial charge in [0.25, 0.3) is 10.0 Å². The number of ether oxygens (including phenoxy) is 3. The minimum absolute atomic E-state index is 0.0782. The van der Waals surface area contributed by atoms with Gasteiger partial charge in [0.2, 0.25) is 0 Å². The third-order valence-corrected chi connectivity index (χ3v) is 5.98. The maximum atomic E-state index is 12.8. The largest absolute Gasteiger partial charge is 0.573 e. The van der Waals surface area contributed by atoms with E-state index in [0.29, 0.717) is 30.1 Å². The van der Waals surface area contributed by atoms with Crippen molar-refractivity contribution in [2.75, 3.05) is 32.5 Å². The Morgan fingerprint density at radius 1 is 1.20 bits per heavy atom. The van der Waals surface area contributed by atoms with Crippen molar-refractivity contribution in [1.82, 2.24) is 4.90 Å². The number of sulfonamides is 1. The quantitative estimate of drug-likeness (QED) is 0.734. The molecule has 164 valence electrons. The summed E-state index contributed by atoms with van der Waals surface area (Å²) in [5.74, 6) is 0.256. The van der Waals surface area contributed by atoms with Crippen LogP contribution in [0, 0.1) is 0 Å². The Morgan fingerprint density at radius 2 is 1.93 bits per heavy atom. The molecule has 2 aromatic rings. The number of hydrogen-bond acceptors (Lipinski definition) is 6. The summed E-state index contributed by atoms with van der Waals surface area (Å²) in [7, 11) is 1.12. The highest BCUT2D eigenvalue weighted by molar-refractivity contribution is 7.92. The molecular weight excluding hydrogens is 425 g/mol.